The smallest absolute Gasteiger partial charge is 0.188 e. The molecule has 0 spiro atoms. The number of fused-ring (bicyclic) bond motifs is 5. The van der Waals surface area contributed by atoms with E-state index in [-0.39, 0.29) is 0 Å². The van der Waals surface area contributed by atoms with Gasteiger partial charge in [-0.25, -0.2) is 0 Å². The highest BCUT2D eigenvalue weighted by Crippen LogP contribution is 2.36. The summed E-state index contributed by atoms with van der Waals surface area (Å²) < 4.78 is 11.6. The molecule has 0 unspecified atom stereocenters. The molecule has 0 fully saturated rings. The van der Waals surface area contributed by atoms with Gasteiger partial charge in [0.25, 0.3) is 0 Å². The van der Waals surface area contributed by atoms with Crippen LogP contribution >= 0.6 is 0 Å². The lowest BCUT2D eigenvalue weighted by atomic mass is 10.0. The Kier molecular flexibility index (Phi) is 2.94. The van der Waals surface area contributed by atoms with Crippen LogP contribution in [-0.2, 0) is 0 Å². The van der Waals surface area contributed by atoms with E-state index in [2.05, 4.69) is 4.98 Å². The highest BCUT2D eigenvalue weighted by Gasteiger charge is 2.11. The van der Waals surface area contributed by atoms with E-state index in [0.29, 0.717) is 11.5 Å². The van der Waals surface area contributed by atoms with Gasteiger partial charge in [-0.1, -0.05) is 6.07 Å². The average Bonchev–Trinajstić information content (AvgIpc) is 2.59. The summed E-state index contributed by atoms with van der Waals surface area (Å²) in [6, 6.07) is 9.59. The maximum absolute atomic E-state index is 11.5. The molecule has 4 aromatic rings. The molecule has 0 aliphatic carbocycles. The predicted molar refractivity (Wildman–Crippen MR) is 88.8 cm³/mol. The van der Waals surface area contributed by atoms with Gasteiger partial charge in [0, 0.05) is 33.8 Å². The van der Waals surface area contributed by atoms with Gasteiger partial charge < -0.3 is 14.7 Å². The van der Waals surface area contributed by atoms with Crippen molar-refractivity contribution in [3.8, 4) is 11.5 Å². The van der Waals surface area contributed by atoms with Gasteiger partial charge in [0.1, 0.15) is 0 Å². The summed E-state index contributed by atoms with van der Waals surface area (Å²) in [4.78, 5) is 4.59. The second kappa shape index (κ2) is 4.98. The first-order chi connectivity index (χ1) is 11.2. The monoisotopic (exact) mass is 306 g/mol. The van der Waals surface area contributed by atoms with Crippen LogP contribution in [0.1, 0.15) is 0 Å². The average molecular weight is 306 g/mol. The summed E-state index contributed by atoms with van der Waals surface area (Å²) in [6.45, 7) is 0. The molecular formula is C18H14N2O3. The van der Waals surface area contributed by atoms with Crippen LogP contribution in [-0.4, -0.2) is 19.2 Å². The number of ether oxygens (including phenoxy) is 2. The molecule has 0 radical (unpaired) electrons. The Hall–Kier alpha value is -3.08. The van der Waals surface area contributed by atoms with Crippen LogP contribution in [0.3, 0.4) is 0 Å². The molecule has 0 aliphatic heterocycles. The molecule has 0 amide bonds. The van der Waals surface area contributed by atoms with Crippen molar-refractivity contribution in [1.82, 2.24) is 4.98 Å². The van der Waals surface area contributed by atoms with E-state index in [1.165, 1.54) is 6.20 Å². The van der Waals surface area contributed by atoms with E-state index in [0.717, 1.165) is 37.2 Å². The molecule has 2 aromatic heterocycles. The number of nitrogens with zero attached hydrogens (tertiary/aromatic N) is 2. The van der Waals surface area contributed by atoms with Crippen LogP contribution in [0, 0.1) is 5.21 Å². The normalized spacial score (nSPS) is 11.2. The molecule has 5 heteroatoms. The minimum absolute atomic E-state index is 0.675. The Labute approximate surface area is 132 Å². The van der Waals surface area contributed by atoms with Crippen molar-refractivity contribution < 1.29 is 14.2 Å². The Balaban J connectivity index is 2.14. The van der Waals surface area contributed by atoms with Crippen LogP contribution in [0.15, 0.2) is 48.9 Å². The predicted octanol–water partition coefficient (Wildman–Crippen LogP) is 3.19. The standard InChI is InChI=1S/C18H14N2O3/c1-22-16-7-12-9-19-18-13-5-6-20(21)10-11(13)3-4-14(18)15(12)8-17(16)23-2/h3-10H,1-2H3. The molecule has 2 aromatic carbocycles. The van der Waals surface area contributed by atoms with E-state index < -0.39 is 0 Å². The minimum atomic E-state index is 0.675. The molecule has 0 saturated carbocycles. The van der Waals surface area contributed by atoms with Crippen molar-refractivity contribution >= 4 is 32.4 Å². The van der Waals surface area contributed by atoms with Gasteiger partial charge in [-0.2, -0.15) is 4.73 Å². The topological polar surface area (TPSA) is 58.3 Å². The van der Waals surface area contributed by atoms with E-state index in [1.54, 1.807) is 26.5 Å². The first-order valence-corrected chi connectivity index (χ1v) is 7.17. The zero-order valence-corrected chi connectivity index (χ0v) is 12.7. The molecule has 23 heavy (non-hydrogen) atoms. The van der Waals surface area contributed by atoms with E-state index in [4.69, 9.17) is 9.47 Å². The second-order valence-corrected chi connectivity index (χ2v) is 5.32. The Bertz CT molecular complexity index is 1060. The van der Waals surface area contributed by atoms with Gasteiger partial charge in [0.2, 0.25) is 0 Å². The number of pyridine rings is 2. The highest BCUT2D eigenvalue weighted by atomic mass is 16.5. The number of methoxy groups -OCH3 is 2. The third-order valence-corrected chi connectivity index (χ3v) is 4.08. The third-order valence-electron chi connectivity index (χ3n) is 4.08. The molecule has 5 nitrogen and oxygen atoms in total. The van der Waals surface area contributed by atoms with Crippen molar-refractivity contribution in [2.75, 3.05) is 14.2 Å². The summed E-state index contributed by atoms with van der Waals surface area (Å²) in [6.07, 6.45) is 4.86. The number of rotatable bonds is 2. The Morgan fingerprint density at radius 3 is 2.48 bits per heavy atom. The molecule has 0 saturated heterocycles. The van der Waals surface area contributed by atoms with Crippen LogP contribution < -0.4 is 14.2 Å². The lowest BCUT2D eigenvalue weighted by Crippen LogP contribution is -2.23. The van der Waals surface area contributed by atoms with E-state index in [1.807, 2.05) is 30.5 Å². The Morgan fingerprint density at radius 1 is 0.913 bits per heavy atom. The molecule has 0 bridgehead atoms. The molecule has 114 valence electrons. The molecule has 4 rings (SSSR count). The largest absolute Gasteiger partial charge is 0.619 e. The first-order valence-electron chi connectivity index (χ1n) is 7.17. The number of benzene rings is 2. The first kappa shape index (κ1) is 13.6. The van der Waals surface area contributed by atoms with Crippen molar-refractivity contribution in [2.24, 2.45) is 0 Å². The van der Waals surface area contributed by atoms with Crippen molar-refractivity contribution in [3.05, 3.63) is 54.1 Å². The van der Waals surface area contributed by atoms with Crippen LogP contribution in [0.2, 0.25) is 0 Å². The van der Waals surface area contributed by atoms with Gasteiger partial charge in [-0.05, 0) is 23.6 Å². The fourth-order valence-corrected chi connectivity index (χ4v) is 2.96. The van der Waals surface area contributed by atoms with Crippen LogP contribution in [0.5, 0.6) is 11.5 Å². The molecule has 2 heterocycles. The van der Waals surface area contributed by atoms with Crippen LogP contribution in [0.4, 0.5) is 0 Å². The second-order valence-electron chi connectivity index (χ2n) is 5.32. The summed E-state index contributed by atoms with van der Waals surface area (Å²) >= 11 is 0. The number of hydrogen-bond donors (Lipinski definition) is 0. The van der Waals surface area contributed by atoms with Gasteiger partial charge in [0.05, 0.1) is 19.7 Å². The van der Waals surface area contributed by atoms with Crippen molar-refractivity contribution in [3.63, 3.8) is 0 Å². The quantitative estimate of drug-likeness (QED) is 0.324. The minimum Gasteiger partial charge on any atom is -0.619 e. The number of aromatic nitrogens is 2. The van der Waals surface area contributed by atoms with Gasteiger partial charge in [-0.15, -0.1) is 0 Å². The fourth-order valence-electron chi connectivity index (χ4n) is 2.96. The lowest BCUT2D eigenvalue weighted by Gasteiger charge is -2.11. The van der Waals surface area contributed by atoms with Crippen LogP contribution in [0.25, 0.3) is 32.4 Å². The molecule has 0 atom stereocenters. The van der Waals surface area contributed by atoms with Gasteiger partial charge in [0.15, 0.2) is 23.9 Å². The number of hydrogen-bond acceptors (Lipinski definition) is 4. The zero-order chi connectivity index (χ0) is 16.0. The third kappa shape index (κ3) is 2.01. The summed E-state index contributed by atoms with van der Waals surface area (Å²) in [5, 5.41) is 16.3. The Morgan fingerprint density at radius 2 is 1.70 bits per heavy atom. The summed E-state index contributed by atoms with van der Waals surface area (Å²) in [5.41, 5.74) is 0.864. The molecular weight excluding hydrogens is 292 g/mol. The highest BCUT2D eigenvalue weighted by molar-refractivity contribution is 6.15. The van der Waals surface area contributed by atoms with Gasteiger partial charge in [-0.3, -0.25) is 4.98 Å². The fraction of sp³-hybridized carbons (Fsp3) is 0.111. The SMILES string of the molecule is COc1cc2cnc3c4cc[n+]([O-])cc4ccc3c2cc1OC. The maximum Gasteiger partial charge on any atom is 0.188 e. The maximum atomic E-state index is 11.5. The molecule has 0 aliphatic rings. The zero-order valence-electron chi connectivity index (χ0n) is 12.7. The summed E-state index contributed by atoms with van der Waals surface area (Å²) in [7, 11) is 3.24. The van der Waals surface area contributed by atoms with Crippen molar-refractivity contribution in [2.45, 2.75) is 0 Å². The lowest BCUT2D eigenvalue weighted by molar-refractivity contribution is -0.603. The van der Waals surface area contributed by atoms with Gasteiger partial charge >= 0.3 is 0 Å². The summed E-state index contributed by atoms with van der Waals surface area (Å²) in [5.74, 6) is 1.35. The van der Waals surface area contributed by atoms with E-state index in [9.17, 15) is 5.21 Å². The van der Waals surface area contributed by atoms with E-state index >= 15 is 0 Å². The van der Waals surface area contributed by atoms with Crippen molar-refractivity contribution in [1.29, 1.82) is 0 Å². The molecule has 0 N–H and O–H groups in total.